The van der Waals surface area contributed by atoms with Gasteiger partial charge in [0.15, 0.2) is 6.61 Å². The quantitative estimate of drug-likeness (QED) is 0.465. The Kier molecular flexibility index (Phi) is 8.02. The fraction of sp³-hybridized carbons (Fsp3) is 0.160. The summed E-state index contributed by atoms with van der Waals surface area (Å²) in [6, 6.07) is 21.1. The summed E-state index contributed by atoms with van der Waals surface area (Å²) in [5.41, 5.74) is 2.19. The third kappa shape index (κ3) is 6.83. The van der Waals surface area contributed by atoms with Crippen LogP contribution in [-0.2, 0) is 16.1 Å². The number of rotatable bonds is 9. The molecule has 0 aliphatic carbocycles. The topological polar surface area (TPSA) is 106 Å². The molecule has 0 spiro atoms. The average molecular weight is 447 g/mol. The summed E-state index contributed by atoms with van der Waals surface area (Å²) in [4.78, 5) is 36.4. The molecule has 0 aliphatic rings. The monoisotopic (exact) mass is 447 g/mol. The Balaban J connectivity index is 1.63. The van der Waals surface area contributed by atoms with Crippen LogP contribution in [0.15, 0.2) is 72.8 Å². The van der Waals surface area contributed by atoms with Crippen molar-refractivity contribution in [2.24, 2.45) is 0 Å². The van der Waals surface area contributed by atoms with Crippen molar-refractivity contribution in [3.05, 3.63) is 83.9 Å². The number of amides is 3. The van der Waals surface area contributed by atoms with E-state index in [4.69, 9.17) is 9.47 Å². The molecule has 0 saturated heterocycles. The van der Waals surface area contributed by atoms with Crippen molar-refractivity contribution in [3.63, 3.8) is 0 Å². The number of hydrogen-bond acceptors (Lipinski definition) is 5. The molecule has 0 aromatic heterocycles. The molecule has 0 fully saturated rings. The fourth-order valence-electron chi connectivity index (χ4n) is 3.07. The second-order valence-electron chi connectivity index (χ2n) is 7.10. The minimum absolute atomic E-state index is 0.233. The van der Waals surface area contributed by atoms with Crippen molar-refractivity contribution in [2.45, 2.75) is 13.5 Å². The number of anilines is 2. The van der Waals surface area contributed by atoms with E-state index in [0.29, 0.717) is 29.2 Å². The van der Waals surface area contributed by atoms with Crippen molar-refractivity contribution in [3.8, 4) is 11.5 Å². The molecule has 3 aromatic carbocycles. The molecule has 0 heterocycles. The van der Waals surface area contributed by atoms with Gasteiger partial charge in [-0.05, 0) is 35.9 Å². The van der Waals surface area contributed by atoms with Crippen LogP contribution >= 0.6 is 0 Å². The van der Waals surface area contributed by atoms with Gasteiger partial charge in [0.05, 0.1) is 18.4 Å². The molecular formula is C25H25N3O5. The highest BCUT2D eigenvalue weighted by atomic mass is 16.5. The van der Waals surface area contributed by atoms with E-state index in [0.717, 1.165) is 5.56 Å². The summed E-state index contributed by atoms with van der Waals surface area (Å²) >= 11 is 0. The number of ether oxygens (including phenoxy) is 2. The van der Waals surface area contributed by atoms with Crippen LogP contribution in [0.3, 0.4) is 0 Å². The van der Waals surface area contributed by atoms with Crippen LogP contribution in [0.5, 0.6) is 11.5 Å². The maximum absolute atomic E-state index is 12.6. The maximum Gasteiger partial charge on any atom is 0.262 e. The van der Waals surface area contributed by atoms with Crippen LogP contribution in [0.2, 0.25) is 0 Å². The standard InChI is InChI=1S/C25H25N3O5/c1-17(29)27-19-12-13-23(32-2)21(14-19)28-24(30)16-33-22-11-7-6-10-20(22)25(31)26-15-18-8-4-3-5-9-18/h3-14H,15-16H2,1-2H3,(H,26,31)(H,27,29)(H,28,30). The number of benzene rings is 3. The van der Waals surface area contributed by atoms with Crippen molar-refractivity contribution in [2.75, 3.05) is 24.4 Å². The Morgan fingerprint density at radius 1 is 0.848 bits per heavy atom. The molecule has 0 atom stereocenters. The lowest BCUT2D eigenvalue weighted by molar-refractivity contribution is -0.118. The van der Waals surface area contributed by atoms with Crippen LogP contribution in [0.4, 0.5) is 11.4 Å². The van der Waals surface area contributed by atoms with Crippen LogP contribution in [0, 0.1) is 0 Å². The smallest absolute Gasteiger partial charge is 0.262 e. The summed E-state index contributed by atoms with van der Waals surface area (Å²) in [7, 11) is 1.48. The predicted octanol–water partition coefficient (Wildman–Crippen LogP) is 3.60. The lowest BCUT2D eigenvalue weighted by Gasteiger charge is -2.14. The van der Waals surface area contributed by atoms with Crippen LogP contribution < -0.4 is 25.4 Å². The number of nitrogens with one attached hydrogen (secondary N) is 3. The van der Waals surface area contributed by atoms with Gasteiger partial charge in [-0.2, -0.15) is 0 Å². The molecule has 0 radical (unpaired) electrons. The van der Waals surface area contributed by atoms with E-state index in [9.17, 15) is 14.4 Å². The Morgan fingerprint density at radius 3 is 2.30 bits per heavy atom. The number of hydrogen-bond donors (Lipinski definition) is 3. The second kappa shape index (κ2) is 11.3. The Morgan fingerprint density at radius 2 is 1.58 bits per heavy atom. The maximum atomic E-state index is 12.6. The molecule has 0 aliphatic heterocycles. The first-order valence-electron chi connectivity index (χ1n) is 10.3. The van der Waals surface area contributed by atoms with E-state index in [2.05, 4.69) is 16.0 Å². The predicted molar refractivity (Wildman–Crippen MR) is 125 cm³/mol. The second-order valence-corrected chi connectivity index (χ2v) is 7.10. The van der Waals surface area contributed by atoms with Crippen molar-refractivity contribution in [1.29, 1.82) is 0 Å². The van der Waals surface area contributed by atoms with Gasteiger partial charge in [0, 0.05) is 19.2 Å². The van der Waals surface area contributed by atoms with Gasteiger partial charge in [0.2, 0.25) is 5.91 Å². The minimum atomic E-state index is -0.451. The van der Waals surface area contributed by atoms with E-state index in [-0.39, 0.29) is 24.2 Å². The number of carbonyl (C=O) groups excluding carboxylic acids is 3. The molecule has 33 heavy (non-hydrogen) atoms. The molecule has 3 rings (SSSR count). The highest BCUT2D eigenvalue weighted by Gasteiger charge is 2.14. The number of methoxy groups -OCH3 is 1. The average Bonchev–Trinajstić information content (AvgIpc) is 2.82. The summed E-state index contributed by atoms with van der Waals surface area (Å²) in [6.07, 6.45) is 0. The van der Waals surface area contributed by atoms with E-state index in [1.54, 1.807) is 42.5 Å². The fourth-order valence-corrected chi connectivity index (χ4v) is 3.07. The molecule has 3 amide bonds. The molecule has 0 bridgehead atoms. The molecule has 170 valence electrons. The molecule has 0 saturated carbocycles. The third-order valence-corrected chi connectivity index (χ3v) is 4.58. The van der Waals surface area contributed by atoms with Gasteiger partial charge in [-0.3, -0.25) is 14.4 Å². The largest absolute Gasteiger partial charge is 0.495 e. The summed E-state index contributed by atoms with van der Waals surface area (Å²) in [5.74, 6) is -0.273. The summed E-state index contributed by atoms with van der Waals surface area (Å²) in [6.45, 7) is 1.44. The van der Waals surface area contributed by atoms with Crippen molar-refractivity contribution >= 4 is 29.1 Å². The summed E-state index contributed by atoms with van der Waals surface area (Å²) in [5, 5.41) is 8.20. The lowest BCUT2D eigenvalue weighted by atomic mass is 10.1. The van der Waals surface area contributed by atoms with Crippen molar-refractivity contribution in [1.82, 2.24) is 5.32 Å². The first-order chi connectivity index (χ1) is 16.0. The number of para-hydroxylation sites is 1. The molecular weight excluding hydrogens is 422 g/mol. The zero-order valence-electron chi connectivity index (χ0n) is 18.4. The van der Waals surface area contributed by atoms with Gasteiger partial charge in [-0.25, -0.2) is 0 Å². The van der Waals surface area contributed by atoms with E-state index < -0.39 is 5.91 Å². The minimum Gasteiger partial charge on any atom is -0.495 e. The Bertz CT molecular complexity index is 1130. The van der Waals surface area contributed by atoms with E-state index >= 15 is 0 Å². The van der Waals surface area contributed by atoms with Gasteiger partial charge in [-0.15, -0.1) is 0 Å². The van der Waals surface area contributed by atoms with Crippen LogP contribution in [0.25, 0.3) is 0 Å². The van der Waals surface area contributed by atoms with Crippen LogP contribution in [-0.4, -0.2) is 31.4 Å². The number of carbonyl (C=O) groups is 3. The summed E-state index contributed by atoms with van der Waals surface area (Å²) < 4.78 is 10.9. The van der Waals surface area contributed by atoms with E-state index in [1.807, 2.05) is 30.3 Å². The highest BCUT2D eigenvalue weighted by molar-refractivity contribution is 5.98. The molecule has 3 aromatic rings. The molecule has 8 nitrogen and oxygen atoms in total. The van der Waals surface area contributed by atoms with Gasteiger partial charge in [0.1, 0.15) is 11.5 Å². The van der Waals surface area contributed by atoms with Crippen LogP contribution in [0.1, 0.15) is 22.8 Å². The Labute approximate surface area is 191 Å². The first-order valence-corrected chi connectivity index (χ1v) is 10.3. The van der Waals surface area contributed by atoms with Gasteiger partial charge in [-0.1, -0.05) is 42.5 Å². The van der Waals surface area contributed by atoms with Gasteiger partial charge in [0.25, 0.3) is 11.8 Å². The normalized spacial score (nSPS) is 10.1. The van der Waals surface area contributed by atoms with Gasteiger partial charge >= 0.3 is 0 Å². The first kappa shape index (κ1) is 23.3. The third-order valence-electron chi connectivity index (χ3n) is 4.58. The molecule has 8 heteroatoms. The zero-order chi connectivity index (χ0) is 23.6. The highest BCUT2D eigenvalue weighted by Crippen LogP contribution is 2.28. The zero-order valence-corrected chi connectivity index (χ0v) is 18.4. The lowest BCUT2D eigenvalue weighted by Crippen LogP contribution is -2.25. The molecule has 0 unspecified atom stereocenters. The van der Waals surface area contributed by atoms with Crippen molar-refractivity contribution < 1.29 is 23.9 Å². The van der Waals surface area contributed by atoms with E-state index in [1.165, 1.54) is 14.0 Å². The Hall–Kier alpha value is -4.33. The SMILES string of the molecule is COc1ccc(NC(C)=O)cc1NC(=O)COc1ccccc1C(=O)NCc1ccccc1. The molecule has 3 N–H and O–H groups in total. The van der Waals surface area contributed by atoms with Gasteiger partial charge < -0.3 is 25.4 Å².